The van der Waals surface area contributed by atoms with Gasteiger partial charge in [-0.3, -0.25) is 4.90 Å². The van der Waals surface area contributed by atoms with E-state index in [1.165, 1.54) is 4.31 Å². The van der Waals surface area contributed by atoms with Gasteiger partial charge >= 0.3 is 0 Å². The molecule has 1 fully saturated rings. The Balaban J connectivity index is 1.70. The number of sulfonamides is 1. The van der Waals surface area contributed by atoms with Gasteiger partial charge in [0, 0.05) is 38.3 Å². The standard InChI is InChI=1S/C19H22F2N2O4S/c1-26-16-4-6-18(27-2)14(11-16)13-22-7-9-23(10-8-22)28(24,25)19-12-15(20)3-5-17(19)21/h3-6,11-12H,7-10,13H2,1-2H3. The molecule has 0 aliphatic carbocycles. The third-order valence-electron chi connectivity index (χ3n) is 4.72. The van der Waals surface area contributed by atoms with Crippen molar-refractivity contribution in [2.75, 3.05) is 40.4 Å². The maximum absolute atomic E-state index is 13.9. The van der Waals surface area contributed by atoms with Gasteiger partial charge in [0.05, 0.1) is 14.2 Å². The van der Waals surface area contributed by atoms with Gasteiger partial charge in [0.15, 0.2) is 0 Å². The normalized spacial score (nSPS) is 16.1. The average molecular weight is 412 g/mol. The van der Waals surface area contributed by atoms with Crippen molar-refractivity contribution in [1.29, 1.82) is 0 Å². The number of nitrogens with zero attached hydrogens (tertiary/aromatic N) is 2. The van der Waals surface area contributed by atoms with Gasteiger partial charge in [-0.1, -0.05) is 0 Å². The Labute approximate surface area is 163 Å². The summed E-state index contributed by atoms with van der Waals surface area (Å²) in [6.07, 6.45) is 0. The van der Waals surface area contributed by atoms with E-state index in [1.807, 2.05) is 12.1 Å². The first kappa shape index (κ1) is 20.5. The predicted molar refractivity (Wildman–Crippen MR) is 99.9 cm³/mol. The van der Waals surface area contributed by atoms with E-state index in [2.05, 4.69) is 4.90 Å². The Morgan fingerprint density at radius 2 is 1.68 bits per heavy atom. The van der Waals surface area contributed by atoms with E-state index in [0.717, 1.165) is 29.5 Å². The molecule has 0 bridgehead atoms. The summed E-state index contributed by atoms with van der Waals surface area (Å²) in [6.45, 7) is 1.84. The van der Waals surface area contributed by atoms with Gasteiger partial charge in [0.25, 0.3) is 0 Å². The fourth-order valence-corrected chi connectivity index (χ4v) is 4.69. The highest BCUT2D eigenvalue weighted by molar-refractivity contribution is 7.89. The Bertz CT molecular complexity index is 945. The number of ether oxygens (including phenoxy) is 2. The lowest BCUT2D eigenvalue weighted by Crippen LogP contribution is -2.48. The molecule has 1 aliphatic heterocycles. The zero-order valence-electron chi connectivity index (χ0n) is 15.7. The first-order chi connectivity index (χ1) is 13.3. The van der Waals surface area contributed by atoms with Crippen LogP contribution in [0.2, 0.25) is 0 Å². The van der Waals surface area contributed by atoms with Crippen LogP contribution in [0.1, 0.15) is 5.56 Å². The van der Waals surface area contributed by atoms with E-state index in [-0.39, 0.29) is 13.1 Å². The molecule has 1 aliphatic rings. The topological polar surface area (TPSA) is 59.1 Å². The van der Waals surface area contributed by atoms with Crippen LogP contribution in [-0.2, 0) is 16.6 Å². The molecule has 0 spiro atoms. The van der Waals surface area contributed by atoms with Crippen molar-refractivity contribution in [2.24, 2.45) is 0 Å². The Hall–Kier alpha value is -2.23. The molecule has 1 heterocycles. The van der Waals surface area contributed by atoms with Crippen LogP contribution in [0.4, 0.5) is 8.78 Å². The molecule has 0 N–H and O–H groups in total. The molecule has 0 amide bonds. The van der Waals surface area contributed by atoms with Crippen LogP contribution in [0.5, 0.6) is 11.5 Å². The van der Waals surface area contributed by atoms with E-state index in [9.17, 15) is 17.2 Å². The van der Waals surface area contributed by atoms with Gasteiger partial charge < -0.3 is 9.47 Å². The number of hydrogen-bond acceptors (Lipinski definition) is 5. The first-order valence-electron chi connectivity index (χ1n) is 8.73. The Kier molecular flexibility index (Phi) is 6.17. The monoisotopic (exact) mass is 412 g/mol. The summed E-state index contributed by atoms with van der Waals surface area (Å²) in [7, 11) is -0.917. The van der Waals surface area contributed by atoms with Gasteiger partial charge in [-0.05, 0) is 36.4 Å². The van der Waals surface area contributed by atoms with Crippen LogP contribution < -0.4 is 9.47 Å². The summed E-state index contributed by atoms with van der Waals surface area (Å²) in [6, 6.07) is 7.95. The first-order valence-corrected chi connectivity index (χ1v) is 10.2. The van der Waals surface area contributed by atoms with Crippen molar-refractivity contribution in [3.8, 4) is 11.5 Å². The number of rotatable bonds is 6. The molecule has 9 heteroatoms. The van der Waals surface area contributed by atoms with E-state index < -0.39 is 26.6 Å². The number of piperazine rings is 1. The minimum absolute atomic E-state index is 0.185. The summed E-state index contributed by atoms with van der Waals surface area (Å²) in [4.78, 5) is 1.45. The summed E-state index contributed by atoms with van der Waals surface area (Å²) >= 11 is 0. The molecule has 0 atom stereocenters. The van der Waals surface area contributed by atoms with Gasteiger partial charge in [-0.25, -0.2) is 17.2 Å². The maximum atomic E-state index is 13.9. The third-order valence-corrected chi connectivity index (χ3v) is 6.64. The van der Waals surface area contributed by atoms with Crippen molar-refractivity contribution in [3.05, 3.63) is 53.6 Å². The SMILES string of the molecule is COc1ccc(OC)c(CN2CCN(S(=O)(=O)c3cc(F)ccc3F)CC2)c1. The van der Waals surface area contributed by atoms with Gasteiger partial charge in [-0.15, -0.1) is 0 Å². The van der Waals surface area contributed by atoms with Gasteiger partial charge in [0.2, 0.25) is 10.0 Å². The van der Waals surface area contributed by atoms with E-state index in [0.29, 0.717) is 25.4 Å². The average Bonchev–Trinajstić information content (AvgIpc) is 2.70. The molecule has 1 saturated heterocycles. The van der Waals surface area contributed by atoms with Gasteiger partial charge in [0.1, 0.15) is 28.0 Å². The molecule has 6 nitrogen and oxygen atoms in total. The van der Waals surface area contributed by atoms with E-state index in [4.69, 9.17) is 9.47 Å². The van der Waals surface area contributed by atoms with Crippen molar-refractivity contribution in [3.63, 3.8) is 0 Å². The predicted octanol–water partition coefficient (Wildman–Crippen LogP) is 2.49. The van der Waals surface area contributed by atoms with Gasteiger partial charge in [-0.2, -0.15) is 4.31 Å². The molecular formula is C19H22F2N2O4S. The smallest absolute Gasteiger partial charge is 0.246 e. The van der Waals surface area contributed by atoms with E-state index >= 15 is 0 Å². The number of halogens is 2. The van der Waals surface area contributed by atoms with Crippen LogP contribution in [0.25, 0.3) is 0 Å². The van der Waals surface area contributed by atoms with Crippen LogP contribution in [0, 0.1) is 11.6 Å². The highest BCUT2D eigenvalue weighted by atomic mass is 32.2. The second-order valence-corrected chi connectivity index (χ2v) is 8.34. The van der Waals surface area contributed by atoms with Crippen molar-refractivity contribution in [2.45, 2.75) is 11.4 Å². The van der Waals surface area contributed by atoms with Crippen LogP contribution >= 0.6 is 0 Å². The number of hydrogen-bond donors (Lipinski definition) is 0. The number of benzene rings is 2. The molecule has 2 aromatic rings. The summed E-state index contributed by atoms with van der Waals surface area (Å²) in [5.41, 5.74) is 0.925. The second-order valence-electron chi connectivity index (χ2n) is 6.43. The molecule has 0 aromatic heterocycles. The maximum Gasteiger partial charge on any atom is 0.246 e. The van der Waals surface area contributed by atoms with E-state index in [1.54, 1.807) is 20.3 Å². The largest absolute Gasteiger partial charge is 0.497 e. The summed E-state index contributed by atoms with van der Waals surface area (Å²) < 4.78 is 64.5. The lowest BCUT2D eigenvalue weighted by Gasteiger charge is -2.34. The Morgan fingerprint density at radius 1 is 0.964 bits per heavy atom. The lowest BCUT2D eigenvalue weighted by atomic mass is 10.1. The number of methoxy groups -OCH3 is 2. The van der Waals surface area contributed by atoms with Crippen molar-refractivity contribution >= 4 is 10.0 Å². The highest BCUT2D eigenvalue weighted by Crippen LogP contribution is 2.27. The second kappa shape index (κ2) is 8.42. The lowest BCUT2D eigenvalue weighted by molar-refractivity contribution is 0.179. The molecule has 28 heavy (non-hydrogen) atoms. The summed E-state index contributed by atoms with van der Waals surface area (Å²) in [5, 5.41) is 0. The minimum atomic E-state index is -4.09. The quantitative estimate of drug-likeness (QED) is 0.730. The van der Waals surface area contributed by atoms with Crippen LogP contribution in [-0.4, -0.2) is 58.0 Å². The zero-order valence-corrected chi connectivity index (χ0v) is 16.5. The Morgan fingerprint density at radius 3 is 2.32 bits per heavy atom. The molecule has 2 aromatic carbocycles. The van der Waals surface area contributed by atoms with Crippen molar-refractivity contribution < 1.29 is 26.7 Å². The fraction of sp³-hybridized carbons (Fsp3) is 0.368. The molecule has 0 radical (unpaired) electrons. The fourth-order valence-electron chi connectivity index (χ4n) is 3.19. The highest BCUT2D eigenvalue weighted by Gasteiger charge is 2.31. The van der Waals surface area contributed by atoms with Crippen molar-refractivity contribution in [1.82, 2.24) is 9.21 Å². The zero-order chi connectivity index (χ0) is 20.3. The summed E-state index contributed by atoms with van der Waals surface area (Å²) in [5.74, 6) is -0.315. The van der Waals surface area contributed by atoms with Crippen LogP contribution in [0.3, 0.4) is 0 Å². The third kappa shape index (κ3) is 4.26. The molecule has 0 unspecified atom stereocenters. The molecular weight excluding hydrogens is 390 g/mol. The molecule has 0 saturated carbocycles. The van der Waals surface area contributed by atoms with Crippen LogP contribution in [0.15, 0.2) is 41.3 Å². The minimum Gasteiger partial charge on any atom is -0.497 e. The molecule has 152 valence electrons. The molecule has 3 rings (SSSR count).